The average Bonchev–Trinajstić information content (AvgIpc) is 2.97. The van der Waals surface area contributed by atoms with Crippen LogP contribution in [-0.4, -0.2) is 56.1 Å². The first-order valence-electron chi connectivity index (χ1n) is 9.94. The molecule has 2 aliphatic rings. The zero-order valence-electron chi connectivity index (χ0n) is 16.2. The second-order valence-corrected chi connectivity index (χ2v) is 7.47. The molecule has 1 atom stereocenters. The van der Waals surface area contributed by atoms with Gasteiger partial charge in [0.15, 0.2) is 11.5 Å². The van der Waals surface area contributed by atoms with Gasteiger partial charge in [0, 0.05) is 31.7 Å². The standard InChI is InChI=1S/C21H32N2O3/c1-25-19-11-7-9-17(20(19)26-2)15-22-12-8-10-18(16-22)21(24)23-13-5-3-4-6-14-23/h7,9,11,18H,3-6,8,10,12-16H2,1-2H3/t18-/m1/s1. The van der Waals surface area contributed by atoms with Crippen molar-refractivity contribution in [2.45, 2.75) is 45.1 Å². The molecule has 1 amide bonds. The molecule has 0 saturated carbocycles. The Kier molecular flexibility index (Phi) is 6.78. The van der Waals surface area contributed by atoms with Crippen molar-refractivity contribution in [1.82, 2.24) is 9.80 Å². The van der Waals surface area contributed by atoms with E-state index in [0.717, 1.165) is 75.5 Å². The quantitative estimate of drug-likeness (QED) is 0.808. The van der Waals surface area contributed by atoms with Crippen LogP contribution in [0.15, 0.2) is 18.2 Å². The van der Waals surface area contributed by atoms with E-state index in [1.54, 1.807) is 14.2 Å². The number of methoxy groups -OCH3 is 2. The molecule has 2 saturated heterocycles. The monoisotopic (exact) mass is 360 g/mol. The third-order valence-electron chi connectivity index (χ3n) is 5.65. The highest BCUT2D eigenvalue weighted by Crippen LogP contribution is 2.32. The van der Waals surface area contributed by atoms with Gasteiger partial charge in [0.25, 0.3) is 0 Å². The third kappa shape index (κ3) is 4.50. The van der Waals surface area contributed by atoms with Crippen molar-refractivity contribution >= 4 is 5.91 Å². The van der Waals surface area contributed by atoms with Gasteiger partial charge in [-0.3, -0.25) is 9.69 Å². The fourth-order valence-corrected chi connectivity index (χ4v) is 4.27. The topological polar surface area (TPSA) is 42.0 Å². The van der Waals surface area contributed by atoms with Crippen LogP contribution in [0.5, 0.6) is 11.5 Å². The number of para-hydroxylation sites is 1. The van der Waals surface area contributed by atoms with Gasteiger partial charge >= 0.3 is 0 Å². The minimum absolute atomic E-state index is 0.137. The molecule has 0 spiro atoms. The van der Waals surface area contributed by atoms with Gasteiger partial charge < -0.3 is 14.4 Å². The van der Waals surface area contributed by atoms with E-state index in [9.17, 15) is 4.79 Å². The zero-order chi connectivity index (χ0) is 18.4. The highest BCUT2D eigenvalue weighted by Gasteiger charge is 2.30. The maximum Gasteiger partial charge on any atom is 0.226 e. The maximum absolute atomic E-state index is 13.0. The number of carbonyl (C=O) groups is 1. The highest BCUT2D eigenvalue weighted by atomic mass is 16.5. The molecule has 26 heavy (non-hydrogen) atoms. The smallest absolute Gasteiger partial charge is 0.226 e. The van der Waals surface area contributed by atoms with Gasteiger partial charge in [-0.25, -0.2) is 0 Å². The summed E-state index contributed by atoms with van der Waals surface area (Å²) in [5.41, 5.74) is 1.12. The van der Waals surface area contributed by atoms with E-state index in [1.165, 1.54) is 12.8 Å². The number of ether oxygens (including phenoxy) is 2. The Morgan fingerprint density at radius 3 is 2.50 bits per heavy atom. The minimum Gasteiger partial charge on any atom is -0.493 e. The molecule has 5 heteroatoms. The van der Waals surface area contributed by atoms with Crippen molar-refractivity contribution in [3.63, 3.8) is 0 Å². The Balaban J connectivity index is 1.64. The molecule has 5 nitrogen and oxygen atoms in total. The molecular weight excluding hydrogens is 328 g/mol. The summed E-state index contributed by atoms with van der Waals surface area (Å²) < 4.78 is 11.0. The zero-order valence-corrected chi connectivity index (χ0v) is 16.2. The number of rotatable bonds is 5. The van der Waals surface area contributed by atoms with Crippen LogP contribution in [0.1, 0.15) is 44.1 Å². The van der Waals surface area contributed by atoms with E-state index in [-0.39, 0.29) is 5.92 Å². The Morgan fingerprint density at radius 1 is 1.04 bits per heavy atom. The third-order valence-corrected chi connectivity index (χ3v) is 5.65. The van der Waals surface area contributed by atoms with Gasteiger partial charge in [-0.1, -0.05) is 25.0 Å². The van der Waals surface area contributed by atoms with Crippen molar-refractivity contribution in [2.75, 3.05) is 40.4 Å². The number of likely N-dealkylation sites (tertiary alicyclic amines) is 2. The maximum atomic E-state index is 13.0. The van der Waals surface area contributed by atoms with Crippen molar-refractivity contribution in [2.24, 2.45) is 5.92 Å². The first-order chi connectivity index (χ1) is 12.7. The lowest BCUT2D eigenvalue weighted by molar-refractivity contribution is -0.137. The van der Waals surface area contributed by atoms with Crippen LogP contribution >= 0.6 is 0 Å². The number of benzene rings is 1. The van der Waals surface area contributed by atoms with Crippen LogP contribution in [0.2, 0.25) is 0 Å². The predicted octanol–water partition coefficient (Wildman–Crippen LogP) is 3.32. The Bertz CT molecular complexity index is 597. The summed E-state index contributed by atoms with van der Waals surface area (Å²) in [6.07, 6.45) is 6.93. The lowest BCUT2D eigenvalue weighted by atomic mass is 9.95. The van der Waals surface area contributed by atoms with Crippen LogP contribution in [0, 0.1) is 5.92 Å². The summed E-state index contributed by atoms with van der Waals surface area (Å²) in [7, 11) is 3.35. The molecule has 0 aromatic heterocycles. The van der Waals surface area contributed by atoms with E-state index in [4.69, 9.17) is 9.47 Å². The second-order valence-electron chi connectivity index (χ2n) is 7.47. The van der Waals surface area contributed by atoms with Gasteiger partial charge in [-0.2, -0.15) is 0 Å². The number of nitrogens with zero attached hydrogens (tertiary/aromatic N) is 2. The Hall–Kier alpha value is -1.75. The normalized spacial score (nSPS) is 21.9. The van der Waals surface area contributed by atoms with Crippen LogP contribution < -0.4 is 9.47 Å². The largest absolute Gasteiger partial charge is 0.493 e. The summed E-state index contributed by atoms with van der Waals surface area (Å²) in [6.45, 7) is 4.56. The second kappa shape index (κ2) is 9.26. The Labute approximate surface area is 157 Å². The lowest BCUT2D eigenvalue weighted by Crippen LogP contribution is -2.44. The van der Waals surface area contributed by atoms with Crippen LogP contribution in [-0.2, 0) is 11.3 Å². The lowest BCUT2D eigenvalue weighted by Gasteiger charge is -2.35. The molecule has 0 bridgehead atoms. The summed E-state index contributed by atoms with van der Waals surface area (Å²) >= 11 is 0. The van der Waals surface area contributed by atoms with E-state index in [2.05, 4.69) is 15.9 Å². The molecule has 3 rings (SSSR count). The Morgan fingerprint density at radius 2 is 1.81 bits per heavy atom. The predicted molar refractivity (Wildman–Crippen MR) is 103 cm³/mol. The first kappa shape index (κ1) is 19.0. The van der Waals surface area contributed by atoms with Crippen molar-refractivity contribution in [3.05, 3.63) is 23.8 Å². The number of amides is 1. The fraction of sp³-hybridized carbons (Fsp3) is 0.667. The van der Waals surface area contributed by atoms with Crippen molar-refractivity contribution in [1.29, 1.82) is 0 Å². The average molecular weight is 360 g/mol. The van der Waals surface area contributed by atoms with Gasteiger partial charge in [-0.05, 0) is 38.3 Å². The molecule has 1 aromatic rings. The molecule has 2 fully saturated rings. The number of hydrogen-bond acceptors (Lipinski definition) is 4. The molecule has 0 N–H and O–H groups in total. The van der Waals surface area contributed by atoms with E-state index < -0.39 is 0 Å². The van der Waals surface area contributed by atoms with Gasteiger partial charge in [0.2, 0.25) is 5.91 Å². The van der Waals surface area contributed by atoms with Crippen LogP contribution in [0.4, 0.5) is 0 Å². The summed E-state index contributed by atoms with van der Waals surface area (Å²) in [5, 5.41) is 0. The van der Waals surface area contributed by atoms with E-state index in [0.29, 0.717) is 5.91 Å². The molecule has 0 aliphatic carbocycles. The minimum atomic E-state index is 0.137. The molecule has 144 valence electrons. The van der Waals surface area contributed by atoms with Crippen LogP contribution in [0.3, 0.4) is 0 Å². The van der Waals surface area contributed by atoms with E-state index >= 15 is 0 Å². The van der Waals surface area contributed by atoms with Gasteiger partial charge in [0.1, 0.15) is 0 Å². The molecule has 2 heterocycles. The van der Waals surface area contributed by atoms with Gasteiger partial charge in [0.05, 0.1) is 20.1 Å². The highest BCUT2D eigenvalue weighted by molar-refractivity contribution is 5.79. The first-order valence-corrected chi connectivity index (χ1v) is 9.94. The van der Waals surface area contributed by atoms with Gasteiger partial charge in [-0.15, -0.1) is 0 Å². The number of piperidine rings is 1. The van der Waals surface area contributed by atoms with Crippen molar-refractivity contribution < 1.29 is 14.3 Å². The molecular formula is C21H32N2O3. The van der Waals surface area contributed by atoms with Crippen molar-refractivity contribution in [3.8, 4) is 11.5 Å². The molecule has 2 aliphatic heterocycles. The summed E-state index contributed by atoms with van der Waals surface area (Å²) in [5.74, 6) is 2.07. The fourth-order valence-electron chi connectivity index (χ4n) is 4.27. The molecule has 1 aromatic carbocycles. The molecule has 0 radical (unpaired) electrons. The SMILES string of the molecule is COc1cccc(CN2CCC[C@@H](C(=O)N3CCCCCC3)C2)c1OC. The van der Waals surface area contributed by atoms with E-state index in [1.807, 2.05) is 12.1 Å². The van der Waals surface area contributed by atoms with Crippen LogP contribution in [0.25, 0.3) is 0 Å². The number of hydrogen-bond donors (Lipinski definition) is 0. The summed E-state index contributed by atoms with van der Waals surface area (Å²) in [4.78, 5) is 17.5. The molecule has 0 unspecified atom stereocenters. The summed E-state index contributed by atoms with van der Waals surface area (Å²) in [6, 6.07) is 6.01. The number of carbonyl (C=O) groups excluding carboxylic acids is 1.